The van der Waals surface area contributed by atoms with E-state index in [2.05, 4.69) is 5.32 Å². The Balaban J connectivity index is 1.97. The highest BCUT2D eigenvalue weighted by molar-refractivity contribution is 5.68. The van der Waals surface area contributed by atoms with Crippen molar-refractivity contribution in [2.75, 3.05) is 6.54 Å². The molecule has 1 fully saturated rings. The average Bonchev–Trinajstić information content (AvgIpc) is 3.06. The first-order valence-corrected chi connectivity index (χ1v) is 6.54. The Bertz CT molecular complexity index is 475. The second-order valence-corrected chi connectivity index (χ2v) is 6.12. The minimum atomic E-state index is -0.515. The maximum Gasteiger partial charge on any atom is 0.407 e. The molecule has 1 aliphatic rings. The normalized spacial score (nSPS) is 16.8. The Morgan fingerprint density at radius 2 is 2.00 bits per heavy atom. The molecule has 0 aliphatic heterocycles. The van der Waals surface area contributed by atoms with E-state index in [1.807, 2.05) is 26.8 Å². The van der Waals surface area contributed by atoms with Gasteiger partial charge in [0.25, 0.3) is 0 Å². The Morgan fingerprint density at radius 1 is 1.37 bits per heavy atom. The standard InChI is InChI=1S/C15H20FNO2/c1-14(2,3)19-13(18)17-10-15(8-9-15)11-6-4-5-7-12(11)16/h4-7H,8-10H2,1-3H3,(H,17,18). The number of amides is 1. The van der Waals surface area contributed by atoms with Crippen LogP contribution in [0.2, 0.25) is 0 Å². The number of hydrogen-bond acceptors (Lipinski definition) is 2. The molecule has 1 amide bonds. The molecule has 104 valence electrons. The van der Waals surface area contributed by atoms with Crippen LogP contribution in [-0.2, 0) is 10.2 Å². The highest BCUT2D eigenvalue weighted by Gasteiger charge is 2.46. The molecule has 1 aromatic rings. The number of carbonyl (C=O) groups is 1. The lowest BCUT2D eigenvalue weighted by atomic mass is 9.95. The van der Waals surface area contributed by atoms with Crippen LogP contribution in [-0.4, -0.2) is 18.2 Å². The predicted molar refractivity (Wildman–Crippen MR) is 71.5 cm³/mol. The third kappa shape index (κ3) is 3.46. The lowest BCUT2D eigenvalue weighted by molar-refractivity contribution is 0.0522. The zero-order chi connectivity index (χ0) is 14.1. The first kappa shape index (κ1) is 13.8. The van der Waals surface area contributed by atoms with Crippen LogP contribution in [0, 0.1) is 5.82 Å². The minimum absolute atomic E-state index is 0.203. The molecule has 4 heteroatoms. The van der Waals surface area contributed by atoms with Gasteiger partial charge in [-0.05, 0) is 45.2 Å². The first-order valence-electron chi connectivity index (χ1n) is 6.54. The van der Waals surface area contributed by atoms with E-state index in [9.17, 15) is 9.18 Å². The Hall–Kier alpha value is -1.58. The third-order valence-electron chi connectivity index (χ3n) is 3.27. The van der Waals surface area contributed by atoms with Gasteiger partial charge in [-0.2, -0.15) is 0 Å². The molecule has 0 heterocycles. The summed E-state index contributed by atoms with van der Waals surface area (Å²) >= 11 is 0. The van der Waals surface area contributed by atoms with Crippen LogP contribution in [0.5, 0.6) is 0 Å². The van der Waals surface area contributed by atoms with Crippen molar-refractivity contribution in [2.45, 2.75) is 44.6 Å². The number of carbonyl (C=O) groups excluding carboxylic acids is 1. The number of ether oxygens (including phenoxy) is 1. The van der Waals surface area contributed by atoms with Crippen molar-refractivity contribution >= 4 is 6.09 Å². The molecule has 1 saturated carbocycles. The molecule has 1 aliphatic carbocycles. The summed E-state index contributed by atoms with van der Waals surface area (Å²) in [7, 11) is 0. The molecule has 0 unspecified atom stereocenters. The quantitative estimate of drug-likeness (QED) is 0.909. The molecule has 0 aromatic heterocycles. The molecule has 0 bridgehead atoms. The van der Waals surface area contributed by atoms with E-state index in [1.54, 1.807) is 12.1 Å². The number of nitrogens with one attached hydrogen (secondary N) is 1. The van der Waals surface area contributed by atoms with Gasteiger partial charge in [-0.15, -0.1) is 0 Å². The lowest BCUT2D eigenvalue weighted by Gasteiger charge is -2.22. The van der Waals surface area contributed by atoms with E-state index in [0.29, 0.717) is 12.1 Å². The summed E-state index contributed by atoms with van der Waals surface area (Å²) in [5.74, 6) is -0.203. The van der Waals surface area contributed by atoms with Gasteiger partial charge in [0.1, 0.15) is 11.4 Å². The van der Waals surface area contributed by atoms with E-state index in [-0.39, 0.29) is 11.2 Å². The van der Waals surface area contributed by atoms with E-state index < -0.39 is 11.7 Å². The van der Waals surface area contributed by atoms with Crippen LogP contribution in [0.3, 0.4) is 0 Å². The van der Waals surface area contributed by atoms with Gasteiger partial charge in [0.15, 0.2) is 0 Å². The molecular formula is C15H20FNO2. The molecule has 1 N–H and O–H groups in total. The van der Waals surface area contributed by atoms with Crippen LogP contribution in [0.15, 0.2) is 24.3 Å². The number of alkyl carbamates (subject to hydrolysis) is 1. The van der Waals surface area contributed by atoms with E-state index in [4.69, 9.17) is 4.74 Å². The molecule has 19 heavy (non-hydrogen) atoms. The average molecular weight is 265 g/mol. The molecule has 1 aromatic carbocycles. The van der Waals surface area contributed by atoms with Crippen LogP contribution in [0.4, 0.5) is 9.18 Å². The Labute approximate surface area is 113 Å². The SMILES string of the molecule is CC(C)(C)OC(=O)NCC1(c2ccccc2F)CC1. The molecule has 0 spiro atoms. The van der Waals surface area contributed by atoms with Gasteiger partial charge in [-0.3, -0.25) is 0 Å². The molecule has 0 atom stereocenters. The van der Waals surface area contributed by atoms with Crippen molar-refractivity contribution in [1.82, 2.24) is 5.32 Å². The van der Waals surface area contributed by atoms with Crippen LogP contribution < -0.4 is 5.32 Å². The lowest BCUT2D eigenvalue weighted by Crippen LogP contribution is -2.37. The maximum absolute atomic E-state index is 13.8. The van der Waals surface area contributed by atoms with Gasteiger partial charge in [0.05, 0.1) is 0 Å². The van der Waals surface area contributed by atoms with Crippen LogP contribution in [0.25, 0.3) is 0 Å². The van der Waals surface area contributed by atoms with Crippen LogP contribution in [0.1, 0.15) is 39.2 Å². The zero-order valence-corrected chi connectivity index (χ0v) is 11.6. The molecule has 0 saturated heterocycles. The summed E-state index contributed by atoms with van der Waals surface area (Å²) in [6, 6.07) is 6.75. The second-order valence-electron chi connectivity index (χ2n) is 6.12. The van der Waals surface area contributed by atoms with Crippen molar-refractivity contribution in [3.8, 4) is 0 Å². The van der Waals surface area contributed by atoms with Gasteiger partial charge < -0.3 is 10.1 Å². The first-order chi connectivity index (χ1) is 8.82. The number of halogens is 1. The number of benzene rings is 1. The van der Waals surface area contributed by atoms with Gasteiger partial charge in [0.2, 0.25) is 0 Å². The third-order valence-corrected chi connectivity index (χ3v) is 3.27. The van der Waals surface area contributed by atoms with Gasteiger partial charge in [-0.25, -0.2) is 9.18 Å². The Kier molecular flexibility index (Phi) is 3.52. The topological polar surface area (TPSA) is 38.3 Å². The molecular weight excluding hydrogens is 245 g/mol. The van der Waals surface area contributed by atoms with Crippen molar-refractivity contribution in [2.24, 2.45) is 0 Å². The fraction of sp³-hybridized carbons (Fsp3) is 0.533. The van der Waals surface area contributed by atoms with Crippen LogP contribution >= 0.6 is 0 Å². The van der Waals surface area contributed by atoms with Gasteiger partial charge in [0, 0.05) is 12.0 Å². The summed E-state index contributed by atoms with van der Waals surface area (Å²) < 4.78 is 19.0. The summed E-state index contributed by atoms with van der Waals surface area (Å²) in [6.07, 6.45) is 1.34. The zero-order valence-electron chi connectivity index (χ0n) is 11.6. The fourth-order valence-electron chi connectivity index (χ4n) is 2.14. The summed E-state index contributed by atoms with van der Waals surface area (Å²) in [5.41, 5.74) is -0.0767. The summed E-state index contributed by atoms with van der Waals surface area (Å²) in [6.45, 7) is 5.87. The largest absolute Gasteiger partial charge is 0.444 e. The van der Waals surface area contributed by atoms with Crippen molar-refractivity contribution < 1.29 is 13.9 Å². The number of rotatable bonds is 3. The minimum Gasteiger partial charge on any atom is -0.444 e. The predicted octanol–water partition coefficient (Wildman–Crippen LogP) is 3.38. The van der Waals surface area contributed by atoms with Crippen molar-refractivity contribution in [1.29, 1.82) is 0 Å². The van der Waals surface area contributed by atoms with E-state index >= 15 is 0 Å². The highest BCUT2D eigenvalue weighted by Crippen LogP contribution is 2.48. The van der Waals surface area contributed by atoms with E-state index in [0.717, 1.165) is 12.8 Å². The Morgan fingerprint density at radius 3 is 2.53 bits per heavy atom. The van der Waals surface area contributed by atoms with Crippen molar-refractivity contribution in [3.05, 3.63) is 35.6 Å². The monoisotopic (exact) mass is 265 g/mol. The second kappa shape index (κ2) is 4.83. The molecule has 0 radical (unpaired) electrons. The maximum atomic E-state index is 13.8. The smallest absolute Gasteiger partial charge is 0.407 e. The number of hydrogen-bond donors (Lipinski definition) is 1. The summed E-state index contributed by atoms with van der Waals surface area (Å²) in [5, 5.41) is 2.74. The van der Waals surface area contributed by atoms with Gasteiger partial charge >= 0.3 is 6.09 Å². The molecule has 2 rings (SSSR count). The highest BCUT2D eigenvalue weighted by atomic mass is 19.1. The van der Waals surface area contributed by atoms with Gasteiger partial charge in [-0.1, -0.05) is 18.2 Å². The molecule has 3 nitrogen and oxygen atoms in total. The van der Waals surface area contributed by atoms with Crippen molar-refractivity contribution in [3.63, 3.8) is 0 Å². The van der Waals surface area contributed by atoms with E-state index in [1.165, 1.54) is 6.07 Å². The summed E-state index contributed by atoms with van der Waals surface area (Å²) in [4.78, 5) is 11.6. The fourth-order valence-corrected chi connectivity index (χ4v) is 2.14.